The molecule has 0 aliphatic heterocycles. The molecule has 3 nitrogen and oxygen atoms in total. The summed E-state index contributed by atoms with van der Waals surface area (Å²) < 4.78 is 45.1. The van der Waals surface area contributed by atoms with E-state index in [1.54, 1.807) is 6.20 Å². The van der Waals surface area contributed by atoms with Gasteiger partial charge in [0.1, 0.15) is 12.4 Å². The Morgan fingerprint density at radius 1 is 1.05 bits per heavy atom. The highest BCUT2D eigenvalue weighted by Crippen LogP contribution is 2.55. The Hall–Kier alpha value is -2.86. The van der Waals surface area contributed by atoms with Gasteiger partial charge in [-0.2, -0.15) is 13.2 Å². The van der Waals surface area contributed by atoms with Crippen molar-refractivity contribution in [2.24, 2.45) is 5.92 Å². The highest BCUT2D eigenvalue weighted by atomic mass is 19.4. The molecule has 0 spiro atoms. The van der Waals surface area contributed by atoms with E-state index in [2.05, 4.69) is 29.2 Å². The molecule has 1 saturated carbocycles. The summed E-state index contributed by atoms with van der Waals surface area (Å²) in [6.45, 7) is 2.42. The summed E-state index contributed by atoms with van der Waals surface area (Å²) in [5.41, 5.74) is 4.24. The van der Waals surface area contributed by atoms with Crippen LogP contribution in [0.3, 0.4) is 0 Å². The molecule has 0 saturated heterocycles. The number of aliphatic hydroxyl groups is 1. The zero-order valence-corrected chi connectivity index (χ0v) is 21.2. The predicted molar refractivity (Wildman–Crippen MR) is 137 cm³/mol. The molecule has 0 unspecified atom stereocenters. The zero-order valence-electron chi connectivity index (χ0n) is 21.2. The maximum atomic E-state index is 13.0. The second-order valence-electron chi connectivity index (χ2n) is 11.0. The average molecular weight is 510 g/mol. The third kappa shape index (κ3) is 5.69. The lowest BCUT2D eigenvalue weighted by Crippen LogP contribution is -2.51. The fourth-order valence-corrected chi connectivity index (χ4v) is 6.55. The second kappa shape index (κ2) is 10.1. The van der Waals surface area contributed by atoms with Gasteiger partial charge in [-0.05, 0) is 92.7 Å². The number of hydrogen-bond donors (Lipinski definition) is 1. The average Bonchev–Trinajstić information content (AvgIpc) is 2.88. The summed E-state index contributed by atoms with van der Waals surface area (Å²) in [6, 6.07) is 20.5. The molecular weight excluding hydrogens is 475 g/mol. The minimum atomic E-state index is -4.25. The molecule has 3 aromatic rings. The van der Waals surface area contributed by atoms with Gasteiger partial charge in [0.15, 0.2) is 0 Å². The first kappa shape index (κ1) is 25.8. The Bertz CT molecular complexity index is 1230. The summed E-state index contributed by atoms with van der Waals surface area (Å²) in [5.74, 6) is 0.935. The molecule has 196 valence electrons. The molecule has 1 heterocycles. The fraction of sp³-hybridized carbons (Fsp3) is 0.452. The molecule has 0 bridgehead atoms. The van der Waals surface area contributed by atoms with Crippen LogP contribution in [0.1, 0.15) is 66.5 Å². The van der Waals surface area contributed by atoms with Gasteiger partial charge >= 0.3 is 6.18 Å². The Morgan fingerprint density at radius 3 is 2.62 bits per heavy atom. The first-order valence-corrected chi connectivity index (χ1v) is 13.2. The molecular formula is C31H34F3NO2. The van der Waals surface area contributed by atoms with Gasteiger partial charge in [0.05, 0.1) is 5.60 Å². The molecule has 0 amide bonds. The van der Waals surface area contributed by atoms with Gasteiger partial charge in [-0.15, -0.1) is 0 Å². The topological polar surface area (TPSA) is 42.4 Å². The van der Waals surface area contributed by atoms with Gasteiger partial charge in [-0.3, -0.25) is 4.98 Å². The van der Waals surface area contributed by atoms with Crippen molar-refractivity contribution in [3.05, 3.63) is 94.8 Å². The predicted octanol–water partition coefficient (Wildman–Crippen LogP) is 7.27. The van der Waals surface area contributed by atoms with Gasteiger partial charge in [-0.25, -0.2) is 0 Å². The second-order valence-corrected chi connectivity index (χ2v) is 11.0. The van der Waals surface area contributed by atoms with Crippen LogP contribution in [0.15, 0.2) is 66.9 Å². The van der Waals surface area contributed by atoms with E-state index < -0.39 is 18.2 Å². The number of nitrogens with zero attached hydrogens (tertiary/aromatic N) is 1. The maximum absolute atomic E-state index is 13.0. The van der Waals surface area contributed by atoms with E-state index in [0.29, 0.717) is 25.9 Å². The van der Waals surface area contributed by atoms with Crippen LogP contribution in [-0.4, -0.2) is 21.9 Å². The van der Waals surface area contributed by atoms with Gasteiger partial charge < -0.3 is 9.84 Å². The van der Waals surface area contributed by atoms with Crippen molar-refractivity contribution in [1.29, 1.82) is 0 Å². The molecule has 1 fully saturated rings. The van der Waals surface area contributed by atoms with Crippen LogP contribution >= 0.6 is 0 Å². The number of halogens is 3. The number of alkyl halides is 3. The third-order valence-electron chi connectivity index (χ3n) is 8.57. The van der Waals surface area contributed by atoms with Gasteiger partial charge in [-0.1, -0.05) is 42.5 Å². The van der Waals surface area contributed by atoms with Crippen molar-refractivity contribution in [3.63, 3.8) is 0 Å². The summed E-state index contributed by atoms with van der Waals surface area (Å²) in [6.07, 6.45) is 0.315. The SMILES string of the molecule is Cc1ncccc1COc1ccc2c(c1)CC[C@@H]1C[C@@](O)(CCC(F)(F)F)CC[C@@]21Cc1ccccc1. The summed E-state index contributed by atoms with van der Waals surface area (Å²) in [4.78, 5) is 4.33. The van der Waals surface area contributed by atoms with Gasteiger partial charge in [0.25, 0.3) is 0 Å². The highest BCUT2D eigenvalue weighted by Gasteiger charge is 2.52. The molecule has 0 radical (unpaired) electrons. The number of fused-ring (bicyclic) bond motifs is 3. The van der Waals surface area contributed by atoms with Crippen LogP contribution in [0.4, 0.5) is 13.2 Å². The largest absolute Gasteiger partial charge is 0.489 e. The molecule has 3 atom stereocenters. The van der Waals surface area contributed by atoms with E-state index in [1.807, 2.05) is 43.3 Å². The zero-order chi connectivity index (χ0) is 26.1. The number of ether oxygens (including phenoxy) is 1. The molecule has 2 aliphatic carbocycles. The molecule has 1 N–H and O–H groups in total. The minimum Gasteiger partial charge on any atom is -0.489 e. The minimum absolute atomic E-state index is 0.122. The van der Waals surface area contributed by atoms with Crippen molar-refractivity contribution in [2.45, 2.75) is 82.1 Å². The van der Waals surface area contributed by atoms with Crippen LogP contribution in [0.25, 0.3) is 0 Å². The van der Waals surface area contributed by atoms with E-state index in [0.717, 1.165) is 36.3 Å². The van der Waals surface area contributed by atoms with E-state index in [-0.39, 0.29) is 17.8 Å². The van der Waals surface area contributed by atoms with Crippen molar-refractivity contribution >= 4 is 0 Å². The van der Waals surface area contributed by atoms with Crippen LogP contribution in [0.2, 0.25) is 0 Å². The van der Waals surface area contributed by atoms with Crippen LogP contribution in [0.5, 0.6) is 5.75 Å². The number of pyridine rings is 1. The Balaban J connectivity index is 1.42. The monoisotopic (exact) mass is 509 g/mol. The van der Waals surface area contributed by atoms with Crippen LogP contribution in [0, 0.1) is 12.8 Å². The summed E-state index contributed by atoms with van der Waals surface area (Å²) in [7, 11) is 0. The quantitative estimate of drug-likeness (QED) is 0.364. The number of benzene rings is 2. The standard InChI is InChI=1S/C31H34F3NO2/c1-22-25(8-5-17-35-22)21-37-27-11-12-28-24(18-27)9-10-26-20-29(36,14-16-31(32,33)34)13-15-30(26,28)19-23-6-3-2-4-7-23/h2-8,11-12,17-18,26,36H,9-10,13-16,19-21H2,1H3/t26-,29+,30+/m1/s1. The molecule has 1 aromatic heterocycles. The van der Waals surface area contributed by atoms with E-state index >= 15 is 0 Å². The van der Waals surface area contributed by atoms with Gasteiger partial charge in [0.2, 0.25) is 0 Å². The van der Waals surface area contributed by atoms with Gasteiger partial charge in [0, 0.05) is 29.3 Å². The number of aryl methyl sites for hydroxylation is 2. The van der Waals surface area contributed by atoms with Crippen molar-refractivity contribution in [2.75, 3.05) is 0 Å². The third-order valence-corrected chi connectivity index (χ3v) is 8.57. The van der Waals surface area contributed by atoms with E-state index in [4.69, 9.17) is 4.74 Å². The number of rotatable bonds is 7. The molecule has 2 aromatic carbocycles. The number of hydrogen-bond acceptors (Lipinski definition) is 3. The maximum Gasteiger partial charge on any atom is 0.389 e. The van der Waals surface area contributed by atoms with Crippen molar-refractivity contribution in [1.82, 2.24) is 4.98 Å². The fourth-order valence-electron chi connectivity index (χ4n) is 6.55. The smallest absolute Gasteiger partial charge is 0.389 e. The van der Waals surface area contributed by atoms with Crippen LogP contribution in [-0.2, 0) is 24.9 Å². The first-order chi connectivity index (χ1) is 17.7. The van der Waals surface area contributed by atoms with E-state index in [9.17, 15) is 18.3 Å². The summed E-state index contributed by atoms with van der Waals surface area (Å²) in [5, 5.41) is 11.2. The van der Waals surface area contributed by atoms with E-state index in [1.165, 1.54) is 16.7 Å². The Morgan fingerprint density at radius 2 is 1.86 bits per heavy atom. The number of aromatic nitrogens is 1. The Kier molecular flexibility index (Phi) is 7.06. The highest BCUT2D eigenvalue weighted by molar-refractivity contribution is 5.45. The van der Waals surface area contributed by atoms with Crippen molar-refractivity contribution < 1.29 is 23.0 Å². The lowest BCUT2D eigenvalue weighted by molar-refractivity contribution is -0.153. The Labute approximate surface area is 216 Å². The lowest BCUT2D eigenvalue weighted by atomic mass is 9.52. The van der Waals surface area contributed by atoms with Crippen LogP contribution < -0.4 is 4.74 Å². The molecule has 37 heavy (non-hydrogen) atoms. The molecule has 5 rings (SSSR count). The van der Waals surface area contributed by atoms with Crippen molar-refractivity contribution in [3.8, 4) is 5.75 Å². The first-order valence-electron chi connectivity index (χ1n) is 13.2. The molecule has 2 aliphatic rings. The lowest BCUT2D eigenvalue weighted by Gasteiger charge is -2.53. The normalized spacial score (nSPS) is 25.3. The molecule has 6 heteroatoms. The summed E-state index contributed by atoms with van der Waals surface area (Å²) >= 11 is 0.